The summed E-state index contributed by atoms with van der Waals surface area (Å²) in [6.07, 6.45) is 2.85. The topological polar surface area (TPSA) is 84.2 Å². The molecule has 1 heterocycles. The van der Waals surface area contributed by atoms with Gasteiger partial charge in [0.15, 0.2) is 0 Å². The summed E-state index contributed by atoms with van der Waals surface area (Å²) in [7, 11) is 0. The van der Waals surface area contributed by atoms with Gasteiger partial charge in [-0.2, -0.15) is 0 Å². The molecule has 0 fully saturated rings. The summed E-state index contributed by atoms with van der Waals surface area (Å²) in [6, 6.07) is 8.93. The van der Waals surface area contributed by atoms with Crippen LogP contribution < -0.4 is 16.6 Å². The first kappa shape index (κ1) is 13.8. The maximum absolute atomic E-state index is 12.2. The number of amides is 2. The molecule has 4 N–H and O–H groups in total. The molecule has 0 aliphatic heterocycles. The number of aryl methyl sites for hydroxylation is 1. The zero-order valence-electron chi connectivity index (χ0n) is 11.3. The lowest BCUT2D eigenvalue weighted by molar-refractivity contribution is 0.0954. The van der Waals surface area contributed by atoms with Gasteiger partial charge in [0, 0.05) is 10.4 Å². The summed E-state index contributed by atoms with van der Waals surface area (Å²) in [5.74, 6) is 4.69. The van der Waals surface area contributed by atoms with Gasteiger partial charge in [-0.25, -0.2) is 5.84 Å². The van der Waals surface area contributed by atoms with Crippen LogP contribution in [0.1, 0.15) is 37.6 Å². The fourth-order valence-corrected chi connectivity index (χ4v) is 3.85. The normalized spacial score (nSPS) is 12.8. The Labute approximate surface area is 126 Å². The molecule has 0 bridgehead atoms. The first-order valence-electron chi connectivity index (χ1n) is 6.72. The van der Waals surface area contributed by atoms with Crippen LogP contribution >= 0.6 is 11.3 Å². The Balaban J connectivity index is 1.92. The molecule has 0 saturated carbocycles. The number of nitrogens with two attached hydrogens (primary N) is 1. The van der Waals surface area contributed by atoms with Crippen molar-refractivity contribution in [2.24, 2.45) is 5.84 Å². The monoisotopic (exact) mass is 301 g/mol. The number of rotatable bonds is 3. The second-order valence-electron chi connectivity index (χ2n) is 4.86. The van der Waals surface area contributed by atoms with Crippen molar-refractivity contribution in [2.45, 2.75) is 19.3 Å². The largest absolute Gasteiger partial charge is 0.313 e. The van der Waals surface area contributed by atoms with E-state index >= 15 is 0 Å². The summed E-state index contributed by atoms with van der Waals surface area (Å²) in [6.45, 7) is 0. The lowest BCUT2D eigenvalue weighted by atomic mass is 10.1. The minimum absolute atomic E-state index is 0.221. The number of fused-ring (bicyclic) bond motifs is 1. The van der Waals surface area contributed by atoms with Crippen molar-refractivity contribution in [3.05, 3.63) is 51.9 Å². The van der Waals surface area contributed by atoms with Gasteiger partial charge >= 0.3 is 0 Å². The van der Waals surface area contributed by atoms with Gasteiger partial charge in [0.25, 0.3) is 11.8 Å². The highest BCUT2D eigenvalue weighted by Gasteiger charge is 2.27. The molecule has 21 heavy (non-hydrogen) atoms. The zero-order valence-corrected chi connectivity index (χ0v) is 12.1. The fraction of sp³-hybridized carbons (Fsp3) is 0.200. The lowest BCUT2D eigenvalue weighted by Crippen LogP contribution is -2.31. The molecule has 1 aromatic heterocycles. The van der Waals surface area contributed by atoms with Crippen LogP contribution in [0.2, 0.25) is 0 Å². The molecule has 6 heteroatoms. The number of carbonyl (C=O) groups is 2. The van der Waals surface area contributed by atoms with E-state index in [-0.39, 0.29) is 11.8 Å². The molecule has 0 saturated heterocycles. The van der Waals surface area contributed by atoms with E-state index in [1.54, 1.807) is 24.3 Å². The van der Waals surface area contributed by atoms with Crippen LogP contribution in [0.25, 0.3) is 0 Å². The minimum atomic E-state index is -0.349. The highest BCUT2D eigenvalue weighted by molar-refractivity contribution is 7.17. The highest BCUT2D eigenvalue weighted by Crippen LogP contribution is 2.39. The number of hydrogen-bond donors (Lipinski definition) is 3. The Morgan fingerprint density at radius 3 is 2.57 bits per heavy atom. The maximum Gasteiger partial charge on any atom is 0.268 e. The van der Waals surface area contributed by atoms with Crippen LogP contribution in [0, 0.1) is 0 Å². The molecule has 2 aromatic rings. The van der Waals surface area contributed by atoms with Crippen molar-refractivity contribution in [2.75, 3.05) is 5.32 Å². The number of carbonyl (C=O) groups excluding carboxylic acids is 2. The number of hydrazine groups is 1. The Bertz CT molecular complexity index is 694. The number of nitrogen functional groups attached to an aromatic ring is 1. The number of thiophene rings is 1. The van der Waals surface area contributed by atoms with E-state index in [1.807, 2.05) is 6.07 Å². The Morgan fingerprint density at radius 2 is 1.86 bits per heavy atom. The van der Waals surface area contributed by atoms with Crippen molar-refractivity contribution in [1.29, 1.82) is 0 Å². The van der Waals surface area contributed by atoms with Crippen LogP contribution in [0.3, 0.4) is 0 Å². The Morgan fingerprint density at radius 1 is 1.10 bits per heavy atom. The first-order valence-corrected chi connectivity index (χ1v) is 7.54. The van der Waals surface area contributed by atoms with Gasteiger partial charge in [-0.1, -0.05) is 18.2 Å². The maximum atomic E-state index is 12.2. The zero-order chi connectivity index (χ0) is 14.8. The van der Waals surface area contributed by atoms with Gasteiger partial charge in [-0.15, -0.1) is 11.3 Å². The predicted octanol–water partition coefficient (Wildman–Crippen LogP) is 2.09. The highest BCUT2D eigenvalue weighted by atomic mass is 32.1. The van der Waals surface area contributed by atoms with Gasteiger partial charge in [-0.05, 0) is 37.0 Å². The van der Waals surface area contributed by atoms with Gasteiger partial charge in [0.1, 0.15) is 5.00 Å². The standard InChI is InChI=1S/C15H15N3O2S/c16-18-14(20)12-10-7-4-8-11(10)21-15(12)17-13(19)9-5-2-1-3-6-9/h1-3,5-6H,4,7-8,16H2,(H,17,19)(H,18,20). The number of benzene rings is 1. The van der Waals surface area contributed by atoms with Crippen LogP contribution in [0.15, 0.2) is 30.3 Å². The molecule has 0 spiro atoms. The summed E-state index contributed by atoms with van der Waals surface area (Å²) in [5, 5.41) is 3.41. The molecule has 0 atom stereocenters. The van der Waals surface area contributed by atoms with Crippen LogP contribution in [-0.2, 0) is 12.8 Å². The van der Waals surface area contributed by atoms with E-state index in [4.69, 9.17) is 5.84 Å². The summed E-state index contributed by atoms with van der Waals surface area (Å²) in [5.41, 5.74) is 4.26. The van der Waals surface area contributed by atoms with Gasteiger partial charge in [0.2, 0.25) is 0 Å². The van der Waals surface area contributed by atoms with E-state index in [1.165, 1.54) is 11.3 Å². The summed E-state index contributed by atoms with van der Waals surface area (Å²) in [4.78, 5) is 25.4. The third-order valence-electron chi connectivity index (χ3n) is 3.54. The van der Waals surface area contributed by atoms with Gasteiger partial charge in [0.05, 0.1) is 5.56 Å². The van der Waals surface area contributed by atoms with Gasteiger partial charge < -0.3 is 5.32 Å². The predicted molar refractivity (Wildman–Crippen MR) is 82.4 cm³/mol. The van der Waals surface area contributed by atoms with E-state index in [0.717, 1.165) is 29.7 Å². The Kier molecular flexibility index (Phi) is 3.72. The lowest BCUT2D eigenvalue weighted by Gasteiger charge is -2.07. The molecule has 1 aliphatic carbocycles. The quantitative estimate of drug-likeness (QED) is 0.461. The van der Waals surface area contributed by atoms with Crippen LogP contribution in [-0.4, -0.2) is 11.8 Å². The third-order valence-corrected chi connectivity index (χ3v) is 4.75. The summed E-state index contributed by atoms with van der Waals surface area (Å²) >= 11 is 1.47. The fourth-order valence-electron chi connectivity index (χ4n) is 2.57. The minimum Gasteiger partial charge on any atom is -0.313 e. The molecule has 0 unspecified atom stereocenters. The molecule has 2 amide bonds. The molecule has 1 aliphatic rings. The van der Waals surface area contributed by atoms with Crippen LogP contribution in [0.4, 0.5) is 5.00 Å². The van der Waals surface area contributed by atoms with Crippen molar-refractivity contribution in [3.8, 4) is 0 Å². The van der Waals surface area contributed by atoms with Crippen LogP contribution in [0.5, 0.6) is 0 Å². The third kappa shape index (κ3) is 2.55. The first-order chi connectivity index (χ1) is 10.2. The molecule has 3 rings (SSSR count). The number of hydrogen-bond acceptors (Lipinski definition) is 4. The van der Waals surface area contributed by atoms with E-state index < -0.39 is 0 Å². The average molecular weight is 301 g/mol. The van der Waals surface area contributed by atoms with E-state index in [2.05, 4.69) is 10.7 Å². The number of anilines is 1. The molecular formula is C15H15N3O2S. The van der Waals surface area contributed by atoms with E-state index in [9.17, 15) is 9.59 Å². The molecule has 0 radical (unpaired) electrons. The second-order valence-corrected chi connectivity index (χ2v) is 5.96. The Hall–Kier alpha value is -2.18. The smallest absolute Gasteiger partial charge is 0.268 e. The second kappa shape index (κ2) is 5.67. The molecule has 1 aromatic carbocycles. The average Bonchev–Trinajstić information content (AvgIpc) is 3.07. The van der Waals surface area contributed by atoms with Crippen molar-refractivity contribution >= 4 is 28.2 Å². The van der Waals surface area contributed by atoms with Gasteiger partial charge in [-0.3, -0.25) is 15.0 Å². The number of nitrogens with one attached hydrogen (secondary N) is 2. The van der Waals surface area contributed by atoms with Crippen molar-refractivity contribution in [3.63, 3.8) is 0 Å². The molecule has 5 nitrogen and oxygen atoms in total. The van der Waals surface area contributed by atoms with Crippen molar-refractivity contribution in [1.82, 2.24) is 5.43 Å². The van der Waals surface area contributed by atoms with E-state index in [0.29, 0.717) is 16.1 Å². The SMILES string of the molecule is NNC(=O)c1c(NC(=O)c2ccccc2)sc2c1CCC2. The molecular weight excluding hydrogens is 286 g/mol. The molecule has 108 valence electrons. The van der Waals surface area contributed by atoms with Crippen molar-refractivity contribution < 1.29 is 9.59 Å². The summed E-state index contributed by atoms with van der Waals surface area (Å²) < 4.78 is 0.